The van der Waals surface area contributed by atoms with E-state index >= 15 is 0 Å². The monoisotopic (exact) mass is 494 g/mol. The number of aliphatic imine (C=N–C) groups is 1. The highest BCUT2D eigenvalue weighted by molar-refractivity contribution is 14.1. The Labute approximate surface area is 136 Å². The van der Waals surface area contributed by atoms with Crippen molar-refractivity contribution in [3.8, 4) is 0 Å². The molecule has 1 aliphatic heterocycles. The van der Waals surface area contributed by atoms with Crippen LogP contribution in [-0.4, -0.2) is 28.9 Å². The molecule has 0 spiro atoms. The van der Waals surface area contributed by atoms with Gasteiger partial charge in [-0.15, -0.1) is 23.1 Å². The maximum absolute atomic E-state index is 9.33. The second-order valence-corrected chi connectivity index (χ2v) is 9.37. The van der Waals surface area contributed by atoms with Crippen molar-refractivity contribution >= 4 is 73.3 Å². The highest BCUT2D eigenvalue weighted by Crippen LogP contribution is 2.31. The molecule has 0 bridgehead atoms. The van der Waals surface area contributed by atoms with Gasteiger partial charge >= 0.3 is 0 Å². The number of thiazole rings is 1. The summed E-state index contributed by atoms with van der Waals surface area (Å²) in [5, 5.41) is 11.3. The number of hydrogen-bond acceptors (Lipinski definition) is 5. The van der Waals surface area contributed by atoms with Gasteiger partial charge in [0, 0.05) is 14.6 Å². The molecule has 1 aliphatic rings. The van der Waals surface area contributed by atoms with Crippen molar-refractivity contribution in [1.29, 1.82) is 0 Å². The lowest BCUT2D eigenvalue weighted by atomic mass is 10.2. The highest BCUT2D eigenvalue weighted by atomic mass is 127. The third-order valence-corrected chi connectivity index (χ3v) is 6.26. The van der Waals surface area contributed by atoms with E-state index in [0.717, 1.165) is 27.9 Å². The van der Waals surface area contributed by atoms with Crippen molar-refractivity contribution in [2.45, 2.75) is 27.9 Å². The van der Waals surface area contributed by atoms with E-state index in [1.807, 2.05) is 0 Å². The summed E-state index contributed by atoms with van der Waals surface area (Å²) in [5.41, 5.74) is 0.828. The van der Waals surface area contributed by atoms with E-state index in [1.54, 1.807) is 23.1 Å². The molecule has 2 atom stereocenters. The standard InChI is InChI=1S/C10H12I2N2OS2/c1-5(11)2-7-6(3-15)13-10(17-7)9-14-8(12)4-16-9/h5,8,15H,2-4H2,1H3. The Balaban J connectivity index is 2.25. The fourth-order valence-corrected chi connectivity index (χ4v) is 5.36. The molecule has 1 aromatic heterocycles. The number of halogens is 2. The lowest BCUT2D eigenvalue weighted by Crippen LogP contribution is -1.98. The summed E-state index contributed by atoms with van der Waals surface area (Å²) in [7, 11) is 0. The molecule has 0 amide bonds. The van der Waals surface area contributed by atoms with Crippen molar-refractivity contribution < 1.29 is 5.11 Å². The number of aromatic nitrogens is 1. The number of alkyl halides is 2. The van der Waals surface area contributed by atoms with Crippen LogP contribution in [-0.2, 0) is 13.0 Å². The highest BCUT2D eigenvalue weighted by Gasteiger charge is 2.21. The minimum Gasteiger partial charge on any atom is -0.390 e. The summed E-state index contributed by atoms with van der Waals surface area (Å²) in [6.45, 7) is 2.20. The molecule has 2 heterocycles. The first-order valence-corrected chi connectivity index (χ1v) is 9.48. The van der Waals surface area contributed by atoms with Crippen molar-refractivity contribution in [2.75, 3.05) is 5.75 Å². The van der Waals surface area contributed by atoms with E-state index in [4.69, 9.17) is 0 Å². The van der Waals surface area contributed by atoms with Crippen LogP contribution in [0.2, 0.25) is 0 Å². The average molecular weight is 494 g/mol. The number of aliphatic hydroxyl groups is 1. The smallest absolute Gasteiger partial charge is 0.148 e. The SMILES string of the molecule is CC(I)Cc1sc(C2=NC(I)CS2)nc1CO. The van der Waals surface area contributed by atoms with Gasteiger partial charge in [0.2, 0.25) is 0 Å². The van der Waals surface area contributed by atoms with Crippen LogP contribution in [0.15, 0.2) is 4.99 Å². The molecule has 3 nitrogen and oxygen atoms in total. The zero-order valence-corrected chi connectivity index (χ0v) is 15.1. The second kappa shape index (κ2) is 6.49. The van der Waals surface area contributed by atoms with Gasteiger partial charge in [0.15, 0.2) is 0 Å². The normalized spacial score (nSPS) is 21.6. The third-order valence-electron chi connectivity index (χ3n) is 2.19. The molecular weight excluding hydrogens is 482 g/mol. The minimum atomic E-state index is 0.0286. The molecule has 0 radical (unpaired) electrons. The van der Waals surface area contributed by atoms with Gasteiger partial charge in [-0.05, 0) is 6.42 Å². The van der Waals surface area contributed by atoms with Crippen LogP contribution in [0.5, 0.6) is 0 Å². The van der Waals surface area contributed by atoms with E-state index in [-0.39, 0.29) is 6.61 Å². The summed E-state index contributed by atoms with van der Waals surface area (Å²) in [5.74, 6) is 1.03. The topological polar surface area (TPSA) is 45.5 Å². The number of aliphatic hydroxyl groups excluding tert-OH is 1. The molecule has 17 heavy (non-hydrogen) atoms. The Bertz CT molecular complexity index is 434. The second-order valence-electron chi connectivity index (χ2n) is 3.71. The lowest BCUT2D eigenvalue weighted by Gasteiger charge is -2.00. The Kier molecular flexibility index (Phi) is 5.52. The van der Waals surface area contributed by atoms with Crippen molar-refractivity contribution in [3.05, 3.63) is 15.6 Å². The Morgan fingerprint density at radius 3 is 2.88 bits per heavy atom. The number of rotatable bonds is 4. The Morgan fingerprint density at radius 2 is 2.35 bits per heavy atom. The minimum absolute atomic E-state index is 0.0286. The number of nitrogens with zero attached hydrogens (tertiary/aromatic N) is 2. The molecule has 1 N–H and O–H groups in total. The predicted molar refractivity (Wildman–Crippen MR) is 92.0 cm³/mol. The molecule has 2 rings (SSSR count). The molecule has 0 saturated heterocycles. The van der Waals surface area contributed by atoms with Gasteiger partial charge in [-0.25, -0.2) is 4.98 Å². The van der Waals surface area contributed by atoms with Crippen LogP contribution in [0.4, 0.5) is 0 Å². The quantitative estimate of drug-likeness (QED) is 0.398. The zero-order valence-electron chi connectivity index (χ0n) is 9.19. The van der Waals surface area contributed by atoms with E-state index in [9.17, 15) is 5.11 Å². The maximum atomic E-state index is 9.33. The molecule has 0 aromatic carbocycles. The molecule has 0 aliphatic carbocycles. The van der Waals surface area contributed by atoms with E-state index in [2.05, 4.69) is 62.1 Å². The summed E-state index contributed by atoms with van der Waals surface area (Å²) >= 11 is 8.18. The van der Waals surface area contributed by atoms with Crippen LogP contribution in [0.3, 0.4) is 0 Å². The first-order valence-electron chi connectivity index (χ1n) is 5.18. The first kappa shape index (κ1) is 14.5. The molecule has 0 fully saturated rings. The zero-order chi connectivity index (χ0) is 12.4. The molecule has 2 unspecified atom stereocenters. The van der Waals surface area contributed by atoms with Gasteiger partial charge in [0.25, 0.3) is 0 Å². The number of thioether (sulfide) groups is 1. The molecule has 7 heteroatoms. The maximum Gasteiger partial charge on any atom is 0.148 e. The molecular formula is C10H12I2N2OS2. The fourth-order valence-electron chi connectivity index (χ4n) is 1.48. The van der Waals surface area contributed by atoms with Crippen LogP contribution >= 0.6 is 68.3 Å². The van der Waals surface area contributed by atoms with Gasteiger partial charge in [0.1, 0.15) is 14.1 Å². The van der Waals surface area contributed by atoms with Crippen LogP contribution in [0, 0.1) is 0 Å². The molecule has 0 saturated carbocycles. The van der Waals surface area contributed by atoms with Gasteiger partial charge < -0.3 is 5.11 Å². The fraction of sp³-hybridized carbons (Fsp3) is 0.600. The summed E-state index contributed by atoms with van der Waals surface area (Å²) in [6.07, 6.45) is 0.972. The Hall–Kier alpha value is 1.07. The van der Waals surface area contributed by atoms with Crippen LogP contribution in [0.25, 0.3) is 0 Å². The predicted octanol–water partition coefficient (Wildman–Crippen LogP) is 3.26. The lowest BCUT2D eigenvalue weighted by molar-refractivity contribution is 0.276. The summed E-state index contributed by atoms with van der Waals surface area (Å²) in [6, 6.07) is 0. The van der Waals surface area contributed by atoms with Gasteiger partial charge in [0.05, 0.1) is 12.3 Å². The largest absolute Gasteiger partial charge is 0.390 e. The summed E-state index contributed by atoms with van der Waals surface area (Å²) < 4.78 is 0.919. The third kappa shape index (κ3) is 3.77. The van der Waals surface area contributed by atoms with Crippen molar-refractivity contribution in [3.63, 3.8) is 0 Å². The molecule has 1 aromatic rings. The van der Waals surface area contributed by atoms with Crippen molar-refractivity contribution in [1.82, 2.24) is 4.98 Å². The van der Waals surface area contributed by atoms with E-state index < -0.39 is 0 Å². The van der Waals surface area contributed by atoms with Crippen LogP contribution < -0.4 is 0 Å². The van der Waals surface area contributed by atoms with E-state index in [0.29, 0.717) is 7.97 Å². The molecule has 94 valence electrons. The Morgan fingerprint density at radius 1 is 1.59 bits per heavy atom. The summed E-state index contributed by atoms with van der Waals surface area (Å²) in [4.78, 5) is 10.3. The number of hydrogen-bond donors (Lipinski definition) is 1. The van der Waals surface area contributed by atoms with E-state index in [1.165, 1.54) is 4.88 Å². The average Bonchev–Trinajstić information content (AvgIpc) is 2.83. The van der Waals surface area contributed by atoms with Gasteiger partial charge in [-0.1, -0.05) is 52.1 Å². The van der Waals surface area contributed by atoms with Crippen molar-refractivity contribution in [2.24, 2.45) is 4.99 Å². The van der Waals surface area contributed by atoms with Gasteiger partial charge in [-0.2, -0.15) is 0 Å². The van der Waals surface area contributed by atoms with Gasteiger partial charge in [-0.3, -0.25) is 4.99 Å². The van der Waals surface area contributed by atoms with Crippen LogP contribution in [0.1, 0.15) is 22.5 Å². The first-order chi connectivity index (χ1) is 8.10.